The van der Waals surface area contributed by atoms with E-state index >= 15 is 0 Å². The molecule has 0 unspecified atom stereocenters. The number of aromatic nitrogens is 1. The van der Waals surface area contributed by atoms with Crippen molar-refractivity contribution >= 4 is 5.69 Å². The van der Waals surface area contributed by atoms with Crippen molar-refractivity contribution in [2.24, 2.45) is 0 Å². The van der Waals surface area contributed by atoms with E-state index in [1.807, 2.05) is 12.3 Å². The monoisotopic (exact) mass is 212 g/mol. The lowest BCUT2D eigenvalue weighted by molar-refractivity contribution is 1.10. The highest BCUT2D eigenvalue weighted by Gasteiger charge is 2.00. The van der Waals surface area contributed by atoms with Crippen LogP contribution in [0.5, 0.6) is 0 Å². The van der Waals surface area contributed by atoms with E-state index in [9.17, 15) is 0 Å². The molecule has 2 nitrogen and oxygen atoms in total. The molecule has 0 fully saturated rings. The molecule has 0 spiro atoms. The van der Waals surface area contributed by atoms with Gasteiger partial charge in [0.2, 0.25) is 0 Å². The first-order valence-electron chi connectivity index (χ1n) is 5.46. The summed E-state index contributed by atoms with van der Waals surface area (Å²) in [5.74, 6) is 0. The summed E-state index contributed by atoms with van der Waals surface area (Å²) >= 11 is 0. The zero-order valence-electron chi connectivity index (χ0n) is 9.70. The molecular formula is C14H16N2. The lowest BCUT2D eigenvalue weighted by Gasteiger charge is -2.12. The van der Waals surface area contributed by atoms with Crippen LogP contribution < -0.4 is 5.32 Å². The topological polar surface area (TPSA) is 24.9 Å². The molecule has 0 saturated carbocycles. The Hall–Kier alpha value is -1.83. The average molecular weight is 212 g/mol. The molecule has 1 aromatic heterocycles. The first kappa shape index (κ1) is 10.7. The number of hydrogen-bond acceptors (Lipinski definition) is 2. The first-order chi connectivity index (χ1) is 7.77. The highest BCUT2D eigenvalue weighted by molar-refractivity contribution is 5.56. The molecule has 82 valence electrons. The van der Waals surface area contributed by atoms with Crippen LogP contribution in [-0.4, -0.2) is 4.98 Å². The molecule has 0 atom stereocenters. The summed E-state index contributed by atoms with van der Waals surface area (Å²) < 4.78 is 0. The fraction of sp³-hybridized carbons (Fsp3) is 0.214. The molecule has 1 heterocycles. The van der Waals surface area contributed by atoms with Crippen LogP contribution in [0.15, 0.2) is 42.7 Å². The van der Waals surface area contributed by atoms with Crippen LogP contribution in [0.2, 0.25) is 0 Å². The van der Waals surface area contributed by atoms with Gasteiger partial charge >= 0.3 is 0 Å². The maximum absolute atomic E-state index is 4.10. The van der Waals surface area contributed by atoms with Gasteiger partial charge in [-0.05, 0) is 36.6 Å². The SMILES string of the molecule is Cc1cccc(C)c1NCc1cccnc1. The van der Waals surface area contributed by atoms with Gasteiger partial charge in [0.25, 0.3) is 0 Å². The Morgan fingerprint density at radius 1 is 1.06 bits per heavy atom. The molecule has 16 heavy (non-hydrogen) atoms. The Bertz CT molecular complexity index is 443. The number of anilines is 1. The van der Waals surface area contributed by atoms with Crippen LogP contribution in [0.25, 0.3) is 0 Å². The molecule has 1 aromatic carbocycles. The lowest BCUT2D eigenvalue weighted by Crippen LogP contribution is -2.02. The summed E-state index contributed by atoms with van der Waals surface area (Å²) in [6.45, 7) is 5.07. The van der Waals surface area contributed by atoms with E-state index in [4.69, 9.17) is 0 Å². The number of nitrogens with one attached hydrogen (secondary N) is 1. The minimum Gasteiger partial charge on any atom is -0.380 e. The van der Waals surface area contributed by atoms with Crippen molar-refractivity contribution < 1.29 is 0 Å². The fourth-order valence-corrected chi connectivity index (χ4v) is 1.79. The van der Waals surface area contributed by atoms with Crippen LogP contribution in [-0.2, 0) is 6.54 Å². The van der Waals surface area contributed by atoms with Crippen LogP contribution >= 0.6 is 0 Å². The number of pyridine rings is 1. The van der Waals surface area contributed by atoms with Crippen molar-refractivity contribution in [3.63, 3.8) is 0 Å². The number of rotatable bonds is 3. The van der Waals surface area contributed by atoms with Gasteiger partial charge < -0.3 is 5.32 Å². The Labute approximate surface area is 96.4 Å². The predicted molar refractivity (Wildman–Crippen MR) is 67.5 cm³/mol. The van der Waals surface area contributed by atoms with Crippen LogP contribution in [0.3, 0.4) is 0 Å². The zero-order chi connectivity index (χ0) is 11.4. The molecule has 0 aliphatic heterocycles. The predicted octanol–water partition coefficient (Wildman–Crippen LogP) is 3.31. The van der Waals surface area contributed by atoms with Crippen molar-refractivity contribution in [1.82, 2.24) is 4.98 Å². The highest BCUT2D eigenvalue weighted by Crippen LogP contribution is 2.19. The van der Waals surface area contributed by atoms with Crippen LogP contribution in [0, 0.1) is 13.8 Å². The number of aryl methyl sites for hydroxylation is 2. The summed E-state index contributed by atoms with van der Waals surface area (Å²) in [6, 6.07) is 10.4. The smallest absolute Gasteiger partial charge is 0.0416 e. The van der Waals surface area contributed by atoms with Crippen LogP contribution in [0.4, 0.5) is 5.69 Å². The van der Waals surface area contributed by atoms with Crippen LogP contribution in [0.1, 0.15) is 16.7 Å². The molecule has 0 radical (unpaired) electrons. The molecule has 0 amide bonds. The molecule has 1 N–H and O–H groups in total. The van der Waals surface area contributed by atoms with Gasteiger partial charge in [0.1, 0.15) is 0 Å². The zero-order valence-corrected chi connectivity index (χ0v) is 9.70. The Morgan fingerprint density at radius 2 is 1.81 bits per heavy atom. The number of nitrogens with zero attached hydrogens (tertiary/aromatic N) is 1. The van der Waals surface area contributed by atoms with E-state index in [1.165, 1.54) is 22.4 Å². The second-order valence-electron chi connectivity index (χ2n) is 3.98. The van der Waals surface area contributed by atoms with Gasteiger partial charge in [0.15, 0.2) is 0 Å². The third-order valence-corrected chi connectivity index (χ3v) is 2.67. The lowest BCUT2D eigenvalue weighted by atomic mass is 10.1. The van der Waals surface area contributed by atoms with Crippen molar-refractivity contribution in [2.45, 2.75) is 20.4 Å². The van der Waals surface area contributed by atoms with E-state index in [0.717, 1.165) is 6.54 Å². The molecule has 0 bridgehead atoms. The Balaban J connectivity index is 2.11. The van der Waals surface area contributed by atoms with Crippen molar-refractivity contribution in [3.8, 4) is 0 Å². The largest absolute Gasteiger partial charge is 0.380 e. The fourth-order valence-electron chi connectivity index (χ4n) is 1.79. The van der Waals surface area contributed by atoms with Gasteiger partial charge in [-0.25, -0.2) is 0 Å². The summed E-state index contributed by atoms with van der Waals surface area (Å²) in [4.78, 5) is 4.10. The minimum absolute atomic E-state index is 0.819. The summed E-state index contributed by atoms with van der Waals surface area (Å²) in [5.41, 5.74) is 4.99. The average Bonchev–Trinajstić information content (AvgIpc) is 2.30. The second kappa shape index (κ2) is 4.79. The third kappa shape index (κ3) is 2.40. The summed E-state index contributed by atoms with van der Waals surface area (Å²) in [6.07, 6.45) is 3.68. The summed E-state index contributed by atoms with van der Waals surface area (Å²) in [7, 11) is 0. The molecule has 0 saturated heterocycles. The van der Waals surface area contributed by atoms with Gasteiger partial charge in [0.05, 0.1) is 0 Å². The molecule has 0 aliphatic carbocycles. The van der Waals surface area contributed by atoms with Crippen molar-refractivity contribution in [3.05, 3.63) is 59.4 Å². The Morgan fingerprint density at radius 3 is 2.44 bits per heavy atom. The van der Waals surface area contributed by atoms with Gasteiger partial charge in [-0.3, -0.25) is 4.98 Å². The van der Waals surface area contributed by atoms with E-state index in [-0.39, 0.29) is 0 Å². The first-order valence-corrected chi connectivity index (χ1v) is 5.46. The standard InChI is InChI=1S/C14H16N2/c1-11-5-3-6-12(2)14(11)16-10-13-7-4-8-15-9-13/h3-9,16H,10H2,1-2H3. The molecular weight excluding hydrogens is 196 g/mol. The van der Waals surface area contributed by atoms with E-state index in [2.05, 4.69) is 48.4 Å². The minimum atomic E-state index is 0.819. The molecule has 0 aliphatic rings. The third-order valence-electron chi connectivity index (χ3n) is 2.67. The maximum Gasteiger partial charge on any atom is 0.0416 e. The second-order valence-corrected chi connectivity index (χ2v) is 3.98. The highest BCUT2D eigenvalue weighted by atomic mass is 14.9. The number of para-hydroxylation sites is 1. The summed E-state index contributed by atoms with van der Waals surface area (Å²) in [5, 5.41) is 3.46. The maximum atomic E-state index is 4.10. The van der Waals surface area contributed by atoms with E-state index in [1.54, 1.807) is 6.20 Å². The van der Waals surface area contributed by atoms with Crippen molar-refractivity contribution in [2.75, 3.05) is 5.32 Å². The van der Waals surface area contributed by atoms with Gasteiger partial charge in [-0.1, -0.05) is 24.3 Å². The number of benzene rings is 1. The molecule has 2 rings (SSSR count). The molecule has 2 aromatic rings. The molecule has 2 heteroatoms. The van der Waals surface area contributed by atoms with E-state index < -0.39 is 0 Å². The normalized spacial score (nSPS) is 10.1. The quantitative estimate of drug-likeness (QED) is 0.844. The van der Waals surface area contributed by atoms with Gasteiger partial charge in [-0.15, -0.1) is 0 Å². The van der Waals surface area contributed by atoms with E-state index in [0.29, 0.717) is 0 Å². The van der Waals surface area contributed by atoms with Gasteiger partial charge in [-0.2, -0.15) is 0 Å². The van der Waals surface area contributed by atoms with Gasteiger partial charge in [0, 0.05) is 24.6 Å². The Kier molecular flexibility index (Phi) is 3.20. The van der Waals surface area contributed by atoms with Crippen molar-refractivity contribution in [1.29, 1.82) is 0 Å². The number of hydrogen-bond donors (Lipinski definition) is 1.